The minimum absolute atomic E-state index is 0.0953. The van der Waals surface area contributed by atoms with Gasteiger partial charge in [-0.15, -0.1) is 0 Å². The third kappa shape index (κ3) is 2.74. The molecule has 1 fully saturated rings. The van der Waals surface area contributed by atoms with Crippen LogP contribution in [0, 0.1) is 5.41 Å². The minimum atomic E-state index is -0.118. The third-order valence-electron chi connectivity index (χ3n) is 4.75. The molecular weight excluding hydrogens is 210 g/mol. The summed E-state index contributed by atoms with van der Waals surface area (Å²) in [7, 11) is 0. The van der Waals surface area contributed by atoms with Crippen molar-refractivity contribution in [1.82, 2.24) is 0 Å². The molecule has 98 valence electrons. The van der Waals surface area contributed by atoms with Gasteiger partial charge in [0.1, 0.15) is 0 Å². The Bertz CT molecular complexity index is 274. The molecule has 0 heterocycles. The van der Waals surface area contributed by atoms with Gasteiger partial charge >= 0.3 is 0 Å². The smallest absolute Gasteiger partial charge is 0.0633 e. The van der Waals surface area contributed by atoms with Gasteiger partial charge in [0.25, 0.3) is 0 Å². The molecule has 2 heteroatoms. The first-order valence-corrected chi connectivity index (χ1v) is 7.37. The van der Waals surface area contributed by atoms with E-state index in [1.807, 2.05) is 0 Å². The van der Waals surface area contributed by atoms with E-state index in [0.717, 1.165) is 25.8 Å². The Kier molecular flexibility index (Phi) is 4.63. The molecule has 2 rings (SSSR count). The minimum Gasteiger partial charge on any atom is -0.392 e. The molecule has 0 unspecified atom stereocenters. The second kappa shape index (κ2) is 6.01. The van der Waals surface area contributed by atoms with E-state index in [2.05, 4.69) is 6.08 Å². The van der Waals surface area contributed by atoms with Crippen molar-refractivity contribution in [1.29, 1.82) is 0 Å². The average molecular weight is 237 g/mol. The van der Waals surface area contributed by atoms with Crippen LogP contribution in [0.25, 0.3) is 0 Å². The SMILES string of the molecule is NCCC[C@]1(C2=CCCCC2)CCCC[C@@H]1O. The van der Waals surface area contributed by atoms with Crippen LogP contribution in [0.3, 0.4) is 0 Å². The number of allylic oxidation sites excluding steroid dienone is 1. The molecule has 0 spiro atoms. The van der Waals surface area contributed by atoms with Crippen LogP contribution >= 0.6 is 0 Å². The van der Waals surface area contributed by atoms with Crippen LogP contribution in [0.4, 0.5) is 0 Å². The maximum Gasteiger partial charge on any atom is 0.0633 e. The predicted octanol–water partition coefficient (Wildman–Crippen LogP) is 3.15. The fourth-order valence-electron chi connectivity index (χ4n) is 3.76. The van der Waals surface area contributed by atoms with Crippen molar-refractivity contribution in [2.24, 2.45) is 11.1 Å². The summed E-state index contributed by atoms with van der Waals surface area (Å²) in [6, 6.07) is 0. The van der Waals surface area contributed by atoms with Gasteiger partial charge in [-0.2, -0.15) is 0 Å². The van der Waals surface area contributed by atoms with Crippen molar-refractivity contribution in [2.75, 3.05) is 6.54 Å². The second-order valence-corrected chi connectivity index (χ2v) is 5.79. The topological polar surface area (TPSA) is 46.2 Å². The van der Waals surface area contributed by atoms with Crippen LogP contribution in [0.5, 0.6) is 0 Å². The zero-order valence-corrected chi connectivity index (χ0v) is 11.0. The molecule has 3 N–H and O–H groups in total. The number of rotatable bonds is 4. The van der Waals surface area contributed by atoms with Gasteiger partial charge in [-0.05, 0) is 57.9 Å². The molecule has 2 nitrogen and oxygen atoms in total. The van der Waals surface area contributed by atoms with Crippen molar-refractivity contribution < 1.29 is 5.11 Å². The van der Waals surface area contributed by atoms with Gasteiger partial charge in [0.2, 0.25) is 0 Å². The van der Waals surface area contributed by atoms with Gasteiger partial charge < -0.3 is 10.8 Å². The molecule has 0 aromatic carbocycles. The summed E-state index contributed by atoms with van der Waals surface area (Å²) in [6.07, 6.45) is 14.1. The molecule has 0 aromatic heterocycles. The molecule has 2 aliphatic carbocycles. The Labute approximate surface area is 105 Å². The van der Waals surface area contributed by atoms with Crippen LogP contribution < -0.4 is 5.73 Å². The largest absolute Gasteiger partial charge is 0.392 e. The summed E-state index contributed by atoms with van der Waals surface area (Å²) in [5.74, 6) is 0. The maximum atomic E-state index is 10.5. The van der Waals surface area contributed by atoms with E-state index in [-0.39, 0.29) is 11.5 Å². The van der Waals surface area contributed by atoms with Crippen molar-refractivity contribution in [3.8, 4) is 0 Å². The standard InChI is InChI=1S/C15H27NO/c16-12-6-11-15(10-5-4-9-14(15)17)13-7-2-1-3-8-13/h7,14,17H,1-6,8-12,16H2/t14-,15-/m0/s1. The first kappa shape index (κ1) is 13.1. The number of aliphatic hydroxyl groups is 1. The molecule has 0 aliphatic heterocycles. The Balaban J connectivity index is 2.18. The summed E-state index contributed by atoms with van der Waals surface area (Å²) in [5, 5.41) is 10.5. The molecule has 17 heavy (non-hydrogen) atoms. The summed E-state index contributed by atoms with van der Waals surface area (Å²) in [5.41, 5.74) is 7.33. The zero-order chi connectivity index (χ0) is 12.1. The van der Waals surface area contributed by atoms with E-state index < -0.39 is 0 Å². The Morgan fingerprint density at radius 1 is 1.29 bits per heavy atom. The number of nitrogens with two attached hydrogens (primary N) is 1. The lowest BCUT2D eigenvalue weighted by Gasteiger charge is -2.45. The quantitative estimate of drug-likeness (QED) is 0.738. The van der Waals surface area contributed by atoms with Crippen molar-refractivity contribution in [2.45, 2.75) is 70.3 Å². The van der Waals surface area contributed by atoms with E-state index >= 15 is 0 Å². The molecule has 0 amide bonds. The zero-order valence-electron chi connectivity index (χ0n) is 11.0. The highest BCUT2D eigenvalue weighted by Crippen LogP contribution is 2.48. The van der Waals surface area contributed by atoms with Crippen LogP contribution in [0.15, 0.2) is 11.6 Å². The summed E-state index contributed by atoms with van der Waals surface area (Å²) < 4.78 is 0. The molecule has 0 aromatic rings. The maximum absolute atomic E-state index is 10.5. The molecule has 2 atom stereocenters. The van der Waals surface area contributed by atoms with E-state index in [1.54, 1.807) is 5.57 Å². The Morgan fingerprint density at radius 2 is 2.18 bits per heavy atom. The average Bonchev–Trinajstić information content (AvgIpc) is 2.39. The van der Waals surface area contributed by atoms with Gasteiger partial charge in [-0.1, -0.05) is 24.5 Å². The van der Waals surface area contributed by atoms with Crippen molar-refractivity contribution in [3.63, 3.8) is 0 Å². The first-order valence-electron chi connectivity index (χ1n) is 7.37. The van der Waals surface area contributed by atoms with Crippen LogP contribution in [0.1, 0.15) is 64.2 Å². The predicted molar refractivity (Wildman–Crippen MR) is 71.7 cm³/mol. The second-order valence-electron chi connectivity index (χ2n) is 5.79. The van der Waals surface area contributed by atoms with E-state index in [1.165, 1.54) is 44.9 Å². The molecular formula is C15H27NO. The highest BCUT2D eigenvalue weighted by atomic mass is 16.3. The first-order chi connectivity index (χ1) is 8.29. The van der Waals surface area contributed by atoms with E-state index in [0.29, 0.717) is 0 Å². The van der Waals surface area contributed by atoms with Gasteiger partial charge in [0.15, 0.2) is 0 Å². The monoisotopic (exact) mass is 237 g/mol. The Hall–Kier alpha value is -0.340. The molecule has 2 aliphatic rings. The molecule has 0 bridgehead atoms. The molecule has 0 radical (unpaired) electrons. The van der Waals surface area contributed by atoms with Crippen LogP contribution in [0.2, 0.25) is 0 Å². The lowest BCUT2D eigenvalue weighted by Crippen LogP contribution is -2.40. The number of aliphatic hydroxyl groups excluding tert-OH is 1. The van der Waals surface area contributed by atoms with Gasteiger partial charge in [0, 0.05) is 5.41 Å². The number of hydrogen-bond acceptors (Lipinski definition) is 2. The molecule has 1 saturated carbocycles. The highest BCUT2D eigenvalue weighted by Gasteiger charge is 2.42. The normalized spacial score (nSPS) is 34.5. The lowest BCUT2D eigenvalue weighted by atomic mass is 9.62. The summed E-state index contributed by atoms with van der Waals surface area (Å²) in [6.45, 7) is 0.752. The van der Waals surface area contributed by atoms with Gasteiger partial charge in [0.05, 0.1) is 6.10 Å². The van der Waals surface area contributed by atoms with Crippen LogP contribution in [-0.2, 0) is 0 Å². The van der Waals surface area contributed by atoms with Gasteiger partial charge in [-0.25, -0.2) is 0 Å². The van der Waals surface area contributed by atoms with E-state index in [4.69, 9.17) is 5.73 Å². The third-order valence-corrected chi connectivity index (χ3v) is 4.75. The van der Waals surface area contributed by atoms with Crippen molar-refractivity contribution >= 4 is 0 Å². The van der Waals surface area contributed by atoms with E-state index in [9.17, 15) is 5.11 Å². The summed E-state index contributed by atoms with van der Waals surface area (Å²) >= 11 is 0. The summed E-state index contributed by atoms with van der Waals surface area (Å²) in [4.78, 5) is 0. The lowest BCUT2D eigenvalue weighted by molar-refractivity contribution is 0.00360. The fraction of sp³-hybridized carbons (Fsp3) is 0.867. The Morgan fingerprint density at radius 3 is 2.82 bits per heavy atom. The fourth-order valence-corrected chi connectivity index (χ4v) is 3.76. The molecule has 0 saturated heterocycles. The van der Waals surface area contributed by atoms with Crippen LogP contribution in [-0.4, -0.2) is 17.8 Å². The number of hydrogen-bond donors (Lipinski definition) is 2. The highest BCUT2D eigenvalue weighted by molar-refractivity contribution is 5.20. The van der Waals surface area contributed by atoms with Crippen molar-refractivity contribution in [3.05, 3.63) is 11.6 Å². The van der Waals surface area contributed by atoms with Gasteiger partial charge in [-0.3, -0.25) is 0 Å².